The summed E-state index contributed by atoms with van der Waals surface area (Å²) in [7, 11) is 0. The van der Waals surface area contributed by atoms with Crippen LogP contribution in [0.1, 0.15) is 66.2 Å². The highest BCUT2D eigenvalue weighted by Gasteiger charge is 2.20. The average Bonchev–Trinajstić information content (AvgIpc) is 2.54. The molecule has 1 aliphatic rings. The van der Waals surface area contributed by atoms with E-state index in [1.807, 2.05) is 0 Å². The molecule has 132 valence electrons. The van der Waals surface area contributed by atoms with Gasteiger partial charge in [-0.1, -0.05) is 47.0 Å². The molecule has 3 heteroatoms. The van der Waals surface area contributed by atoms with Crippen LogP contribution in [0.15, 0.2) is 0 Å². The summed E-state index contributed by atoms with van der Waals surface area (Å²) >= 11 is 0. The second-order valence-corrected chi connectivity index (χ2v) is 7.05. The van der Waals surface area contributed by atoms with Gasteiger partial charge in [-0.2, -0.15) is 0 Å². The van der Waals surface area contributed by atoms with E-state index in [0.717, 1.165) is 44.7 Å². The lowest BCUT2D eigenvalue weighted by Gasteiger charge is -2.33. The Kier molecular flexibility index (Phi) is 11.2. The van der Waals surface area contributed by atoms with Gasteiger partial charge in [0.25, 0.3) is 0 Å². The Morgan fingerprint density at radius 2 is 2.00 bits per heavy atom. The zero-order valence-electron chi connectivity index (χ0n) is 15.5. The Hall–Kier alpha value is -0.120. The number of nitrogens with zero attached hydrogens (tertiary/aromatic N) is 1. The molecule has 2 unspecified atom stereocenters. The van der Waals surface area contributed by atoms with E-state index in [1.54, 1.807) is 0 Å². The van der Waals surface area contributed by atoms with Gasteiger partial charge >= 0.3 is 0 Å². The normalized spacial score (nSPS) is 22.6. The second-order valence-electron chi connectivity index (χ2n) is 7.05. The van der Waals surface area contributed by atoms with Crippen molar-refractivity contribution < 1.29 is 9.47 Å². The third-order valence-corrected chi connectivity index (χ3v) is 5.02. The molecule has 0 N–H and O–H groups in total. The van der Waals surface area contributed by atoms with E-state index >= 15 is 0 Å². The van der Waals surface area contributed by atoms with Crippen molar-refractivity contribution in [2.75, 3.05) is 39.5 Å². The van der Waals surface area contributed by atoms with Gasteiger partial charge in [-0.15, -0.1) is 0 Å². The van der Waals surface area contributed by atoms with Gasteiger partial charge in [0.15, 0.2) is 0 Å². The summed E-state index contributed by atoms with van der Waals surface area (Å²) in [6.45, 7) is 15.0. The van der Waals surface area contributed by atoms with Crippen molar-refractivity contribution in [1.82, 2.24) is 4.90 Å². The Morgan fingerprint density at radius 3 is 2.68 bits per heavy atom. The van der Waals surface area contributed by atoms with Crippen LogP contribution in [0.2, 0.25) is 0 Å². The first-order chi connectivity index (χ1) is 10.7. The molecule has 1 saturated heterocycles. The van der Waals surface area contributed by atoms with Gasteiger partial charge in [-0.05, 0) is 37.6 Å². The molecule has 0 amide bonds. The van der Waals surface area contributed by atoms with Crippen LogP contribution in [-0.4, -0.2) is 50.5 Å². The molecule has 0 aromatic rings. The molecule has 3 atom stereocenters. The SMILES string of the molecule is CCCC(CC)COC[C@@H]1CN(CCCC(C)CC)CCO1. The highest BCUT2D eigenvalue weighted by molar-refractivity contribution is 4.71. The molecule has 0 spiro atoms. The summed E-state index contributed by atoms with van der Waals surface area (Å²) in [5.74, 6) is 1.59. The van der Waals surface area contributed by atoms with Gasteiger partial charge in [0.1, 0.15) is 0 Å². The molecule has 0 radical (unpaired) electrons. The molecule has 1 rings (SSSR count). The fourth-order valence-corrected chi connectivity index (χ4v) is 3.13. The van der Waals surface area contributed by atoms with Crippen molar-refractivity contribution in [1.29, 1.82) is 0 Å². The van der Waals surface area contributed by atoms with E-state index in [4.69, 9.17) is 9.47 Å². The summed E-state index contributed by atoms with van der Waals surface area (Å²) in [4.78, 5) is 2.56. The van der Waals surface area contributed by atoms with Gasteiger partial charge < -0.3 is 9.47 Å². The summed E-state index contributed by atoms with van der Waals surface area (Å²) in [5, 5.41) is 0. The Morgan fingerprint density at radius 1 is 1.18 bits per heavy atom. The van der Waals surface area contributed by atoms with Crippen molar-refractivity contribution in [3.63, 3.8) is 0 Å². The van der Waals surface area contributed by atoms with Crippen molar-refractivity contribution in [2.24, 2.45) is 11.8 Å². The van der Waals surface area contributed by atoms with Gasteiger partial charge in [0.2, 0.25) is 0 Å². The third kappa shape index (κ3) is 8.50. The van der Waals surface area contributed by atoms with E-state index in [1.165, 1.54) is 45.1 Å². The highest BCUT2D eigenvalue weighted by atomic mass is 16.5. The number of ether oxygens (including phenoxy) is 2. The minimum Gasteiger partial charge on any atom is -0.378 e. The lowest BCUT2D eigenvalue weighted by Crippen LogP contribution is -2.44. The largest absolute Gasteiger partial charge is 0.378 e. The zero-order chi connectivity index (χ0) is 16.2. The Bertz CT molecular complexity index is 260. The standard InChI is InChI=1S/C19H39NO2/c1-5-9-18(7-3)15-21-16-19-14-20(12-13-22-19)11-8-10-17(4)6-2/h17-19H,5-16H2,1-4H3/t17?,18?,19-/m0/s1. The predicted molar refractivity (Wildman–Crippen MR) is 94.4 cm³/mol. The molecule has 0 bridgehead atoms. The molecule has 1 fully saturated rings. The summed E-state index contributed by atoms with van der Waals surface area (Å²) in [6, 6.07) is 0. The first kappa shape index (κ1) is 19.9. The molecule has 0 aromatic heterocycles. The lowest BCUT2D eigenvalue weighted by molar-refractivity contribution is -0.0739. The smallest absolute Gasteiger partial charge is 0.0935 e. The maximum absolute atomic E-state index is 5.94. The van der Waals surface area contributed by atoms with E-state index in [-0.39, 0.29) is 6.10 Å². The van der Waals surface area contributed by atoms with Crippen LogP contribution in [0, 0.1) is 11.8 Å². The van der Waals surface area contributed by atoms with Crippen LogP contribution < -0.4 is 0 Å². The summed E-state index contributed by atoms with van der Waals surface area (Å²) < 4.78 is 11.8. The van der Waals surface area contributed by atoms with Crippen LogP contribution in [-0.2, 0) is 9.47 Å². The van der Waals surface area contributed by atoms with Crippen molar-refractivity contribution >= 4 is 0 Å². The van der Waals surface area contributed by atoms with Crippen LogP contribution in [0.25, 0.3) is 0 Å². The van der Waals surface area contributed by atoms with E-state index in [0.29, 0.717) is 0 Å². The van der Waals surface area contributed by atoms with Crippen molar-refractivity contribution in [3.05, 3.63) is 0 Å². The minimum atomic E-state index is 0.275. The molecule has 0 saturated carbocycles. The maximum atomic E-state index is 5.94. The maximum Gasteiger partial charge on any atom is 0.0935 e. The zero-order valence-corrected chi connectivity index (χ0v) is 15.5. The number of hydrogen-bond donors (Lipinski definition) is 0. The van der Waals surface area contributed by atoms with Crippen LogP contribution in [0.3, 0.4) is 0 Å². The van der Waals surface area contributed by atoms with Gasteiger partial charge in [-0.3, -0.25) is 4.90 Å². The Labute approximate surface area is 138 Å². The first-order valence-electron chi connectivity index (χ1n) is 9.61. The van der Waals surface area contributed by atoms with E-state index in [2.05, 4.69) is 32.6 Å². The van der Waals surface area contributed by atoms with Gasteiger partial charge in [-0.25, -0.2) is 0 Å². The number of morpholine rings is 1. The topological polar surface area (TPSA) is 21.7 Å². The monoisotopic (exact) mass is 313 g/mol. The first-order valence-corrected chi connectivity index (χ1v) is 9.61. The van der Waals surface area contributed by atoms with Crippen LogP contribution in [0.4, 0.5) is 0 Å². The second kappa shape index (κ2) is 12.3. The molecule has 0 aliphatic carbocycles. The number of rotatable bonds is 12. The molecular formula is C19H39NO2. The van der Waals surface area contributed by atoms with Gasteiger partial charge in [0.05, 0.1) is 19.3 Å². The molecule has 1 aliphatic heterocycles. The van der Waals surface area contributed by atoms with E-state index < -0.39 is 0 Å². The summed E-state index contributed by atoms with van der Waals surface area (Å²) in [5.41, 5.74) is 0. The average molecular weight is 314 g/mol. The lowest BCUT2D eigenvalue weighted by atomic mass is 10.0. The third-order valence-electron chi connectivity index (χ3n) is 5.02. The highest BCUT2D eigenvalue weighted by Crippen LogP contribution is 2.14. The fourth-order valence-electron chi connectivity index (χ4n) is 3.13. The van der Waals surface area contributed by atoms with Gasteiger partial charge in [0, 0.05) is 19.7 Å². The molecule has 3 nitrogen and oxygen atoms in total. The number of hydrogen-bond acceptors (Lipinski definition) is 3. The molecular weight excluding hydrogens is 274 g/mol. The molecule has 0 aromatic carbocycles. The minimum absolute atomic E-state index is 0.275. The molecule has 1 heterocycles. The van der Waals surface area contributed by atoms with Crippen molar-refractivity contribution in [2.45, 2.75) is 72.3 Å². The Balaban J connectivity index is 2.14. The van der Waals surface area contributed by atoms with Crippen LogP contribution >= 0.6 is 0 Å². The summed E-state index contributed by atoms with van der Waals surface area (Å²) in [6.07, 6.45) is 8.00. The fraction of sp³-hybridized carbons (Fsp3) is 1.00. The van der Waals surface area contributed by atoms with E-state index in [9.17, 15) is 0 Å². The van der Waals surface area contributed by atoms with Crippen molar-refractivity contribution in [3.8, 4) is 0 Å². The quantitative estimate of drug-likeness (QED) is 0.534. The van der Waals surface area contributed by atoms with Crippen LogP contribution in [0.5, 0.6) is 0 Å². The predicted octanol–water partition coefficient (Wildman–Crippen LogP) is 4.36. The molecule has 22 heavy (non-hydrogen) atoms.